The predicted molar refractivity (Wildman–Crippen MR) is 140 cm³/mol. The van der Waals surface area contributed by atoms with Gasteiger partial charge >= 0.3 is 0 Å². The number of hydrogen-bond donors (Lipinski definition) is 0. The third-order valence-electron chi connectivity index (χ3n) is 7.91. The molecule has 0 amide bonds. The molecule has 0 saturated carbocycles. The highest BCUT2D eigenvalue weighted by Crippen LogP contribution is 2.33. The van der Waals surface area contributed by atoms with E-state index in [1.807, 2.05) is 0 Å². The Hall–Kier alpha value is -2.10. The van der Waals surface area contributed by atoms with Crippen molar-refractivity contribution in [2.75, 3.05) is 13.2 Å². The summed E-state index contributed by atoms with van der Waals surface area (Å²) >= 11 is 0. The lowest BCUT2D eigenvalue weighted by Crippen LogP contribution is -2.14. The first kappa shape index (κ1) is 27.5. The average Bonchev–Trinajstić information content (AvgIpc) is 3.22. The molecular formula is C31H44F2O2. The van der Waals surface area contributed by atoms with Crippen LogP contribution in [0.2, 0.25) is 0 Å². The Morgan fingerprint density at radius 2 is 1.40 bits per heavy atom. The second-order valence-corrected chi connectivity index (χ2v) is 11.1. The van der Waals surface area contributed by atoms with Gasteiger partial charge in [-0.05, 0) is 97.4 Å². The molecular weight excluding hydrogens is 442 g/mol. The minimum Gasteiger partial charge on any atom is -0.491 e. The van der Waals surface area contributed by atoms with Gasteiger partial charge in [0, 0.05) is 0 Å². The topological polar surface area (TPSA) is 18.5 Å². The fourth-order valence-corrected chi connectivity index (χ4v) is 5.17. The quantitative estimate of drug-likeness (QED) is 0.282. The van der Waals surface area contributed by atoms with Gasteiger partial charge in [0.1, 0.15) is 0 Å². The van der Waals surface area contributed by atoms with Crippen LogP contribution in [0, 0.1) is 35.3 Å². The molecule has 0 aromatic heterocycles. The minimum atomic E-state index is -0.983. The summed E-state index contributed by atoms with van der Waals surface area (Å²) in [5, 5.41) is 0. The maximum Gasteiger partial charge on any atom is 0.204 e. The first-order valence-corrected chi connectivity index (χ1v) is 13.5. The van der Waals surface area contributed by atoms with Gasteiger partial charge < -0.3 is 9.47 Å². The summed E-state index contributed by atoms with van der Waals surface area (Å²) in [6.45, 7) is 13.9. The molecule has 3 rings (SSSR count). The Kier molecular flexibility index (Phi) is 10.0. The summed E-state index contributed by atoms with van der Waals surface area (Å²) in [4.78, 5) is 0. The number of fused-ring (bicyclic) bond motifs is 1. The van der Waals surface area contributed by atoms with Gasteiger partial charge in [0.05, 0.1) is 13.2 Å². The maximum atomic E-state index is 14.2. The van der Waals surface area contributed by atoms with Crippen molar-refractivity contribution in [1.82, 2.24) is 0 Å². The highest BCUT2D eigenvalue weighted by Gasteiger charge is 2.21. The third kappa shape index (κ3) is 7.44. The highest BCUT2D eigenvalue weighted by atomic mass is 19.2. The molecule has 0 N–H and O–H groups in total. The van der Waals surface area contributed by atoms with Crippen LogP contribution in [-0.2, 0) is 12.8 Å². The van der Waals surface area contributed by atoms with Gasteiger partial charge in [-0.2, -0.15) is 8.78 Å². The van der Waals surface area contributed by atoms with Gasteiger partial charge in [-0.25, -0.2) is 0 Å². The van der Waals surface area contributed by atoms with E-state index in [4.69, 9.17) is 9.47 Å². The Balaban J connectivity index is 1.39. The number of ether oxygens (including phenoxy) is 2. The smallest absolute Gasteiger partial charge is 0.204 e. The minimum absolute atomic E-state index is 0.0470. The molecule has 0 bridgehead atoms. The summed E-state index contributed by atoms with van der Waals surface area (Å²) in [5.41, 5.74) is 4.60. The van der Waals surface area contributed by atoms with Gasteiger partial charge in [-0.3, -0.25) is 0 Å². The molecule has 0 fully saturated rings. The van der Waals surface area contributed by atoms with Crippen LogP contribution in [0.1, 0.15) is 89.8 Å². The van der Waals surface area contributed by atoms with E-state index in [0.717, 1.165) is 18.8 Å². The monoisotopic (exact) mass is 486 g/mol. The predicted octanol–water partition coefficient (Wildman–Crippen LogP) is 8.75. The normalized spacial score (nSPS) is 18.6. The second-order valence-electron chi connectivity index (χ2n) is 11.1. The fourth-order valence-electron chi connectivity index (χ4n) is 5.17. The van der Waals surface area contributed by atoms with Gasteiger partial charge in [-0.15, -0.1) is 0 Å². The maximum absolute atomic E-state index is 14.2. The molecule has 0 radical (unpaired) electrons. The van der Waals surface area contributed by atoms with E-state index in [9.17, 15) is 8.78 Å². The number of rotatable bonds is 13. The van der Waals surface area contributed by atoms with E-state index in [1.165, 1.54) is 43.4 Å². The molecule has 1 aliphatic rings. The lowest BCUT2D eigenvalue weighted by Gasteiger charge is -2.23. The van der Waals surface area contributed by atoms with Crippen LogP contribution in [0.15, 0.2) is 30.3 Å². The van der Waals surface area contributed by atoms with E-state index in [1.54, 1.807) is 18.1 Å². The van der Waals surface area contributed by atoms with Crippen molar-refractivity contribution in [3.05, 3.63) is 58.7 Å². The Morgan fingerprint density at radius 3 is 2.06 bits per heavy atom. The largest absolute Gasteiger partial charge is 0.491 e. The van der Waals surface area contributed by atoms with Gasteiger partial charge in [0.25, 0.3) is 0 Å². The zero-order chi connectivity index (χ0) is 25.5. The van der Waals surface area contributed by atoms with Crippen LogP contribution in [-0.4, -0.2) is 13.2 Å². The highest BCUT2D eigenvalue weighted by molar-refractivity contribution is 5.37. The van der Waals surface area contributed by atoms with Crippen LogP contribution in [0.3, 0.4) is 0 Å². The van der Waals surface area contributed by atoms with E-state index in [2.05, 4.69) is 52.8 Å². The van der Waals surface area contributed by atoms with Gasteiger partial charge in [0.2, 0.25) is 11.6 Å². The molecule has 2 nitrogen and oxygen atoms in total. The molecule has 0 aliphatic heterocycles. The second kappa shape index (κ2) is 12.7. The van der Waals surface area contributed by atoms with E-state index in [0.29, 0.717) is 24.4 Å². The zero-order valence-corrected chi connectivity index (χ0v) is 22.5. The van der Waals surface area contributed by atoms with Crippen molar-refractivity contribution in [3.8, 4) is 11.5 Å². The lowest BCUT2D eigenvalue weighted by atomic mass is 9.83. The average molecular weight is 487 g/mol. The van der Waals surface area contributed by atoms with Crippen molar-refractivity contribution in [2.24, 2.45) is 23.7 Å². The first-order chi connectivity index (χ1) is 16.7. The third-order valence-corrected chi connectivity index (χ3v) is 7.91. The molecule has 0 saturated heterocycles. The van der Waals surface area contributed by atoms with Crippen molar-refractivity contribution < 1.29 is 18.3 Å². The summed E-state index contributed by atoms with van der Waals surface area (Å²) in [7, 11) is 0. The van der Waals surface area contributed by atoms with Crippen molar-refractivity contribution in [1.29, 1.82) is 0 Å². The summed E-state index contributed by atoms with van der Waals surface area (Å²) in [5.74, 6) is 0.824. The number of benzene rings is 2. The lowest BCUT2D eigenvalue weighted by molar-refractivity contribution is 0.220. The number of hydrogen-bond acceptors (Lipinski definition) is 2. The molecule has 1 aliphatic carbocycles. The van der Waals surface area contributed by atoms with Crippen LogP contribution < -0.4 is 9.47 Å². The Morgan fingerprint density at radius 1 is 0.800 bits per heavy atom. The fraction of sp³-hybridized carbons (Fsp3) is 0.613. The van der Waals surface area contributed by atoms with Gasteiger partial charge in [-0.1, -0.05) is 59.2 Å². The molecule has 0 heterocycles. The summed E-state index contributed by atoms with van der Waals surface area (Å²) < 4.78 is 39.0. The molecule has 5 atom stereocenters. The summed E-state index contributed by atoms with van der Waals surface area (Å²) in [6, 6.07) is 10.0. The van der Waals surface area contributed by atoms with Crippen molar-refractivity contribution in [3.63, 3.8) is 0 Å². The number of halogens is 2. The molecule has 5 unspecified atom stereocenters. The molecule has 0 spiro atoms. The standard InChI is InChI=1S/C31H44F2O2/c1-7-34-28-14-15-29(31(33)30(28)32)35-19-20(2)8-9-22(4)23(5)10-11-24(6)25-12-13-26-16-21(3)17-27(26)18-25/h12-15,18,20-24H,7-11,16-17,19H2,1-6H3. The molecule has 194 valence electrons. The molecule has 2 aromatic carbocycles. The van der Waals surface area contributed by atoms with Crippen LogP contribution >= 0.6 is 0 Å². The van der Waals surface area contributed by atoms with Crippen LogP contribution in [0.5, 0.6) is 11.5 Å². The van der Waals surface area contributed by atoms with Crippen LogP contribution in [0.4, 0.5) is 8.78 Å². The van der Waals surface area contributed by atoms with E-state index in [-0.39, 0.29) is 24.0 Å². The van der Waals surface area contributed by atoms with Crippen molar-refractivity contribution >= 4 is 0 Å². The zero-order valence-electron chi connectivity index (χ0n) is 22.5. The molecule has 2 aromatic rings. The SMILES string of the molecule is CCOc1ccc(OCC(C)CCC(C)C(C)CCC(C)c2ccc3c(c2)CC(C)C3)c(F)c1F. The van der Waals surface area contributed by atoms with Crippen LogP contribution in [0.25, 0.3) is 0 Å². The molecule has 4 heteroatoms. The first-order valence-electron chi connectivity index (χ1n) is 13.5. The summed E-state index contributed by atoms with van der Waals surface area (Å²) in [6.07, 6.45) is 7.00. The van der Waals surface area contributed by atoms with Gasteiger partial charge in [0.15, 0.2) is 11.5 Å². The van der Waals surface area contributed by atoms with Crippen molar-refractivity contribution in [2.45, 2.75) is 86.0 Å². The Bertz CT molecular complexity index is 957. The van der Waals surface area contributed by atoms with E-state index >= 15 is 0 Å². The molecule has 35 heavy (non-hydrogen) atoms. The Labute approximate surface area is 211 Å². The van der Waals surface area contributed by atoms with E-state index < -0.39 is 11.6 Å².